The highest BCUT2D eigenvalue weighted by Crippen LogP contribution is 2.22. The van der Waals surface area contributed by atoms with Crippen LogP contribution in [0.1, 0.15) is 23.2 Å². The second-order valence-corrected chi connectivity index (χ2v) is 5.95. The number of carbonyl (C=O) groups excluding carboxylic acids is 1. The van der Waals surface area contributed by atoms with Gasteiger partial charge >= 0.3 is 5.69 Å². The number of benzene rings is 1. The predicted molar refractivity (Wildman–Crippen MR) is 88.3 cm³/mol. The summed E-state index contributed by atoms with van der Waals surface area (Å²) in [5.74, 6) is -0.652. The maximum atomic E-state index is 13.6. The van der Waals surface area contributed by atoms with E-state index in [9.17, 15) is 18.8 Å². The highest BCUT2D eigenvalue weighted by molar-refractivity contribution is 5.93. The third-order valence-electron chi connectivity index (χ3n) is 4.20. The lowest BCUT2D eigenvalue weighted by Gasteiger charge is -2.32. The molecule has 1 amide bonds. The number of aromatic amines is 1. The quantitative estimate of drug-likeness (QED) is 0.894. The Hall–Kier alpha value is -2.90. The number of hydrogen-bond donors (Lipinski definition) is 1. The number of rotatable bonds is 3. The Kier molecular flexibility index (Phi) is 4.69. The molecule has 132 valence electrons. The van der Waals surface area contributed by atoms with E-state index >= 15 is 0 Å². The lowest BCUT2D eigenvalue weighted by Crippen LogP contribution is -2.44. The van der Waals surface area contributed by atoms with Crippen LogP contribution in [0.25, 0.3) is 0 Å². The van der Waals surface area contributed by atoms with Crippen LogP contribution in [-0.2, 0) is 7.05 Å². The van der Waals surface area contributed by atoms with Crippen LogP contribution in [0.15, 0.2) is 40.1 Å². The lowest BCUT2D eigenvalue weighted by atomic mass is 10.1. The second kappa shape index (κ2) is 6.92. The monoisotopic (exact) mass is 347 g/mol. The van der Waals surface area contributed by atoms with Crippen molar-refractivity contribution in [2.24, 2.45) is 7.05 Å². The number of H-pyrrole nitrogens is 1. The molecule has 1 aromatic heterocycles. The molecule has 2 heterocycles. The summed E-state index contributed by atoms with van der Waals surface area (Å²) in [5, 5.41) is 0. The van der Waals surface area contributed by atoms with Gasteiger partial charge in [-0.25, -0.2) is 9.18 Å². The molecular formula is C17H18FN3O4. The molecule has 0 unspecified atom stereocenters. The Balaban J connectivity index is 1.65. The minimum absolute atomic E-state index is 0.0735. The average Bonchev–Trinajstić information content (AvgIpc) is 2.60. The number of carbonyl (C=O) groups is 1. The summed E-state index contributed by atoms with van der Waals surface area (Å²) in [6, 6.07) is 6.19. The van der Waals surface area contributed by atoms with E-state index in [1.54, 1.807) is 18.2 Å². The minimum atomic E-state index is -0.696. The van der Waals surface area contributed by atoms with E-state index in [-0.39, 0.29) is 17.4 Å². The van der Waals surface area contributed by atoms with E-state index in [4.69, 9.17) is 4.74 Å². The van der Waals surface area contributed by atoms with Crippen molar-refractivity contribution in [3.63, 3.8) is 0 Å². The van der Waals surface area contributed by atoms with E-state index in [1.165, 1.54) is 24.2 Å². The average molecular weight is 347 g/mol. The van der Waals surface area contributed by atoms with Gasteiger partial charge in [-0.2, -0.15) is 0 Å². The molecule has 2 aromatic rings. The first kappa shape index (κ1) is 16.9. The predicted octanol–water partition coefficient (Wildman–Crippen LogP) is 0.896. The molecule has 1 N–H and O–H groups in total. The summed E-state index contributed by atoms with van der Waals surface area (Å²) in [6.45, 7) is 0.778. The van der Waals surface area contributed by atoms with Gasteiger partial charge in [0.05, 0.1) is 0 Å². The lowest BCUT2D eigenvalue weighted by molar-refractivity contribution is 0.0586. The number of nitrogens with zero attached hydrogens (tertiary/aromatic N) is 2. The molecule has 1 aromatic carbocycles. The van der Waals surface area contributed by atoms with Crippen molar-refractivity contribution in [3.05, 3.63) is 62.7 Å². The topological polar surface area (TPSA) is 84.4 Å². The fourth-order valence-electron chi connectivity index (χ4n) is 2.78. The number of amides is 1. The number of likely N-dealkylation sites (tertiary alicyclic amines) is 1. The molecule has 0 aliphatic carbocycles. The van der Waals surface area contributed by atoms with Crippen LogP contribution >= 0.6 is 0 Å². The normalized spacial score (nSPS) is 15.2. The van der Waals surface area contributed by atoms with Crippen molar-refractivity contribution in [1.29, 1.82) is 0 Å². The molecule has 0 spiro atoms. The number of nitrogens with one attached hydrogen (secondary N) is 1. The molecule has 1 fully saturated rings. The standard InChI is InChI=1S/C17H18FN3O4/c1-20-10-12(15(22)19-17(20)24)16(23)21-8-6-11(7-9-21)25-14-5-3-2-4-13(14)18/h2-5,10-11H,6-9H2,1H3,(H,19,22,24). The molecule has 0 radical (unpaired) electrons. The number of para-hydroxylation sites is 1. The summed E-state index contributed by atoms with van der Waals surface area (Å²) in [4.78, 5) is 39.4. The zero-order valence-corrected chi connectivity index (χ0v) is 13.7. The summed E-state index contributed by atoms with van der Waals surface area (Å²) in [5.41, 5.74) is -1.34. The first-order valence-corrected chi connectivity index (χ1v) is 7.96. The van der Waals surface area contributed by atoms with Gasteiger partial charge in [0.1, 0.15) is 11.7 Å². The van der Waals surface area contributed by atoms with Crippen LogP contribution in [0.4, 0.5) is 4.39 Å². The zero-order valence-electron chi connectivity index (χ0n) is 13.7. The van der Waals surface area contributed by atoms with Gasteiger partial charge in [-0.05, 0) is 12.1 Å². The van der Waals surface area contributed by atoms with E-state index in [0.717, 1.165) is 4.57 Å². The van der Waals surface area contributed by atoms with Gasteiger partial charge in [-0.1, -0.05) is 12.1 Å². The molecule has 0 saturated carbocycles. The van der Waals surface area contributed by atoms with Crippen molar-refractivity contribution in [1.82, 2.24) is 14.5 Å². The van der Waals surface area contributed by atoms with Crippen LogP contribution in [0.2, 0.25) is 0 Å². The summed E-state index contributed by atoms with van der Waals surface area (Å²) in [6.07, 6.45) is 2.11. The maximum Gasteiger partial charge on any atom is 0.328 e. The van der Waals surface area contributed by atoms with Crippen LogP contribution in [0, 0.1) is 5.82 Å². The molecule has 1 saturated heterocycles. The Bertz CT molecular complexity index is 897. The van der Waals surface area contributed by atoms with Crippen LogP contribution in [0.5, 0.6) is 5.75 Å². The van der Waals surface area contributed by atoms with Crippen LogP contribution in [0.3, 0.4) is 0 Å². The number of piperidine rings is 1. The fraction of sp³-hybridized carbons (Fsp3) is 0.353. The second-order valence-electron chi connectivity index (χ2n) is 5.95. The Labute approximate surface area is 142 Å². The maximum absolute atomic E-state index is 13.6. The van der Waals surface area contributed by atoms with Crippen molar-refractivity contribution in [3.8, 4) is 5.75 Å². The van der Waals surface area contributed by atoms with Gasteiger partial charge in [-0.3, -0.25) is 14.6 Å². The minimum Gasteiger partial charge on any atom is -0.487 e. The molecule has 7 nitrogen and oxygen atoms in total. The van der Waals surface area contributed by atoms with Crippen molar-refractivity contribution >= 4 is 5.91 Å². The first-order chi connectivity index (χ1) is 12.0. The van der Waals surface area contributed by atoms with Crippen LogP contribution < -0.4 is 16.0 Å². The van der Waals surface area contributed by atoms with Crippen molar-refractivity contribution in [2.75, 3.05) is 13.1 Å². The third kappa shape index (κ3) is 3.62. The van der Waals surface area contributed by atoms with Gasteiger partial charge in [0.15, 0.2) is 11.6 Å². The first-order valence-electron chi connectivity index (χ1n) is 7.96. The molecular weight excluding hydrogens is 329 g/mol. The van der Waals surface area contributed by atoms with Gasteiger partial charge < -0.3 is 14.2 Å². The highest BCUT2D eigenvalue weighted by Gasteiger charge is 2.27. The highest BCUT2D eigenvalue weighted by atomic mass is 19.1. The Morgan fingerprint density at radius 3 is 2.60 bits per heavy atom. The van der Waals surface area contributed by atoms with E-state index in [1.807, 2.05) is 0 Å². The summed E-state index contributed by atoms with van der Waals surface area (Å²) < 4.78 is 20.4. The molecule has 3 rings (SSSR count). The molecule has 8 heteroatoms. The number of aryl methyl sites for hydroxylation is 1. The molecule has 25 heavy (non-hydrogen) atoms. The van der Waals surface area contributed by atoms with Gasteiger partial charge in [-0.15, -0.1) is 0 Å². The summed E-state index contributed by atoms with van der Waals surface area (Å²) >= 11 is 0. The van der Waals surface area contributed by atoms with Gasteiger partial charge in [0.2, 0.25) is 0 Å². The SMILES string of the molecule is Cn1cc(C(=O)N2CCC(Oc3ccccc3F)CC2)c(=O)[nH]c1=O. The number of hydrogen-bond acceptors (Lipinski definition) is 4. The number of aromatic nitrogens is 2. The van der Waals surface area contributed by atoms with E-state index < -0.39 is 23.0 Å². The van der Waals surface area contributed by atoms with E-state index in [2.05, 4.69) is 4.98 Å². The summed E-state index contributed by atoms with van der Waals surface area (Å²) in [7, 11) is 1.46. The fourth-order valence-corrected chi connectivity index (χ4v) is 2.78. The number of halogens is 1. The van der Waals surface area contributed by atoms with Crippen molar-refractivity contribution < 1.29 is 13.9 Å². The van der Waals surface area contributed by atoms with Crippen LogP contribution in [-0.4, -0.2) is 39.6 Å². The molecule has 1 aliphatic heterocycles. The molecule has 0 atom stereocenters. The van der Waals surface area contributed by atoms with Crippen molar-refractivity contribution in [2.45, 2.75) is 18.9 Å². The number of ether oxygens (including phenoxy) is 1. The van der Waals surface area contributed by atoms with Gasteiger partial charge in [0.25, 0.3) is 11.5 Å². The largest absolute Gasteiger partial charge is 0.487 e. The Morgan fingerprint density at radius 2 is 1.92 bits per heavy atom. The third-order valence-corrected chi connectivity index (χ3v) is 4.20. The zero-order chi connectivity index (χ0) is 18.0. The van der Waals surface area contributed by atoms with E-state index in [0.29, 0.717) is 25.9 Å². The Morgan fingerprint density at radius 1 is 1.24 bits per heavy atom. The smallest absolute Gasteiger partial charge is 0.328 e. The molecule has 0 bridgehead atoms. The molecule has 1 aliphatic rings. The van der Waals surface area contributed by atoms with Gasteiger partial charge in [0, 0.05) is 39.2 Å².